The zero-order chi connectivity index (χ0) is 15.8. The zero-order valence-electron chi connectivity index (χ0n) is 12.4. The van der Waals surface area contributed by atoms with E-state index in [1.165, 1.54) is 12.1 Å². The highest BCUT2D eigenvalue weighted by atomic mass is 19.1. The van der Waals surface area contributed by atoms with Crippen LogP contribution in [0.4, 0.5) is 4.39 Å². The van der Waals surface area contributed by atoms with Gasteiger partial charge in [0.15, 0.2) is 0 Å². The number of carboxylic acid groups (broad SMARTS) is 1. The lowest BCUT2D eigenvalue weighted by atomic mass is 9.95. The summed E-state index contributed by atoms with van der Waals surface area (Å²) in [6.45, 7) is 5.87. The third kappa shape index (κ3) is 5.70. The minimum Gasteiger partial charge on any atom is -0.489 e. The Labute approximate surface area is 124 Å². The van der Waals surface area contributed by atoms with Gasteiger partial charge in [-0.3, -0.25) is 4.79 Å². The van der Waals surface area contributed by atoms with Gasteiger partial charge in [0.05, 0.1) is 12.3 Å². The lowest BCUT2D eigenvalue weighted by Crippen LogP contribution is -2.07. The molecule has 1 rings (SSSR count). The molecule has 0 amide bonds. The lowest BCUT2D eigenvalue weighted by Gasteiger charge is -2.11. The van der Waals surface area contributed by atoms with Crippen LogP contribution in [0.5, 0.6) is 5.75 Å². The smallest absolute Gasteiger partial charge is 0.304 e. The minimum atomic E-state index is -1.01. The fraction of sp³-hybridized carbons (Fsp3) is 0.353. The maximum Gasteiger partial charge on any atom is 0.304 e. The molecule has 21 heavy (non-hydrogen) atoms. The molecule has 0 bridgehead atoms. The Bertz CT molecular complexity index is 590. The molecule has 1 atom stereocenters. The van der Waals surface area contributed by atoms with E-state index in [2.05, 4.69) is 11.8 Å². The number of aliphatic carboxylic acids is 1. The molecule has 0 saturated heterocycles. The molecule has 1 aromatic rings. The Hall–Kier alpha value is -2.28. The first-order valence-corrected chi connectivity index (χ1v) is 6.63. The Kier molecular flexibility index (Phi) is 6.48. The minimum absolute atomic E-state index is 0.226. The molecule has 3 nitrogen and oxygen atoms in total. The quantitative estimate of drug-likeness (QED) is 0.641. The number of hydrogen-bond donors (Lipinski definition) is 1. The van der Waals surface area contributed by atoms with Crippen LogP contribution in [0.3, 0.4) is 0 Å². The van der Waals surface area contributed by atoms with Crippen molar-refractivity contribution in [3.05, 3.63) is 41.2 Å². The molecule has 0 aliphatic carbocycles. The van der Waals surface area contributed by atoms with Crippen LogP contribution >= 0.6 is 0 Å². The van der Waals surface area contributed by atoms with Crippen molar-refractivity contribution in [3.63, 3.8) is 0 Å². The summed E-state index contributed by atoms with van der Waals surface area (Å²) in [6, 6.07) is 4.43. The monoisotopic (exact) mass is 290 g/mol. The van der Waals surface area contributed by atoms with E-state index >= 15 is 0 Å². The van der Waals surface area contributed by atoms with E-state index in [4.69, 9.17) is 9.84 Å². The first kappa shape index (κ1) is 16.8. The number of benzene rings is 1. The fourth-order valence-electron chi connectivity index (χ4n) is 1.77. The second kappa shape index (κ2) is 8.11. The highest BCUT2D eigenvalue weighted by molar-refractivity contribution is 5.69. The number of rotatable bonds is 6. The van der Waals surface area contributed by atoms with Crippen LogP contribution in [-0.2, 0) is 4.79 Å². The summed E-state index contributed by atoms with van der Waals surface area (Å²) < 4.78 is 19.5. The molecule has 0 aromatic heterocycles. The van der Waals surface area contributed by atoms with Crippen LogP contribution in [0, 0.1) is 17.7 Å². The molecule has 0 spiro atoms. The molecular weight excluding hydrogens is 271 g/mol. The average molecular weight is 290 g/mol. The first-order valence-electron chi connectivity index (χ1n) is 6.63. The Morgan fingerprint density at radius 1 is 1.48 bits per heavy atom. The standard InChI is InChI=1S/C17H19FO3/c1-4-5-13(10-17(19)20)15-7-6-14(11-16(15)18)21-9-8-12(2)3/h6-8,11,13H,9-10H2,1-3H3,(H,19,20)/t13-/m1/s1. The molecule has 0 saturated carbocycles. The molecule has 0 fully saturated rings. The molecule has 112 valence electrons. The number of ether oxygens (including phenoxy) is 1. The zero-order valence-corrected chi connectivity index (χ0v) is 12.4. The Morgan fingerprint density at radius 3 is 2.71 bits per heavy atom. The highest BCUT2D eigenvalue weighted by Gasteiger charge is 2.17. The van der Waals surface area contributed by atoms with Crippen LogP contribution in [0.1, 0.15) is 38.7 Å². The molecule has 0 heterocycles. The number of halogens is 1. The number of hydrogen-bond acceptors (Lipinski definition) is 2. The predicted octanol–water partition coefficient (Wildman–Crippen LogP) is 3.75. The largest absolute Gasteiger partial charge is 0.489 e. The summed E-state index contributed by atoms with van der Waals surface area (Å²) in [4.78, 5) is 10.8. The van der Waals surface area contributed by atoms with Crippen molar-refractivity contribution in [1.29, 1.82) is 0 Å². The maximum absolute atomic E-state index is 14.1. The molecule has 1 N–H and O–H groups in total. The van der Waals surface area contributed by atoms with Gasteiger partial charge in [-0.25, -0.2) is 4.39 Å². The number of carbonyl (C=O) groups is 1. The van der Waals surface area contributed by atoms with Gasteiger partial charge in [-0.05, 0) is 32.9 Å². The van der Waals surface area contributed by atoms with E-state index in [0.717, 1.165) is 5.57 Å². The molecule has 0 aliphatic heterocycles. The van der Waals surface area contributed by atoms with Gasteiger partial charge in [-0.1, -0.05) is 17.6 Å². The van der Waals surface area contributed by atoms with E-state index in [-0.39, 0.29) is 12.0 Å². The van der Waals surface area contributed by atoms with E-state index in [9.17, 15) is 9.18 Å². The van der Waals surface area contributed by atoms with Crippen molar-refractivity contribution in [2.45, 2.75) is 33.1 Å². The molecule has 0 unspecified atom stereocenters. The van der Waals surface area contributed by atoms with Crippen LogP contribution in [-0.4, -0.2) is 17.7 Å². The van der Waals surface area contributed by atoms with Gasteiger partial charge < -0.3 is 9.84 Å². The van der Waals surface area contributed by atoms with Gasteiger partial charge >= 0.3 is 5.97 Å². The van der Waals surface area contributed by atoms with Crippen LogP contribution in [0.2, 0.25) is 0 Å². The second-order valence-corrected chi connectivity index (χ2v) is 4.82. The summed E-state index contributed by atoms with van der Waals surface area (Å²) in [7, 11) is 0. The SMILES string of the molecule is CC#C[C@H](CC(=O)O)c1ccc(OCC=C(C)C)cc1F. The second-order valence-electron chi connectivity index (χ2n) is 4.82. The maximum atomic E-state index is 14.1. The lowest BCUT2D eigenvalue weighted by molar-refractivity contribution is -0.137. The van der Waals surface area contributed by atoms with Crippen molar-refractivity contribution < 1.29 is 19.0 Å². The van der Waals surface area contributed by atoms with Crippen molar-refractivity contribution in [2.24, 2.45) is 0 Å². The van der Waals surface area contributed by atoms with Crippen LogP contribution in [0.25, 0.3) is 0 Å². The molecule has 0 aliphatic rings. The highest BCUT2D eigenvalue weighted by Crippen LogP contribution is 2.25. The number of carboxylic acids is 1. The molecule has 1 aromatic carbocycles. The average Bonchev–Trinajstić information content (AvgIpc) is 2.37. The van der Waals surface area contributed by atoms with E-state index in [0.29, 0.717) is 12.4 Å². The van der Waals surface area contributed by atoms with Gasteiger partial charge in [0, 0.05) is 11.6 Å². The molecule has 0 radical (unpaired) electrons. The molecular formula is C17H19FO3. The van der Waals surface area contributed by atoms with E-state index in [1.807, 2.05) is 19.9 Å². The third-order valence-electron chi connectivity index (χ3n) is 2.79. The summed E-state index contributed by atoms with van der Waals surface area (Å²) in [5.74, 6) is 3.62. The third-order valence-corrected chi connectivity index (χ3v) is 2.79. The van der Waals surface area contributed by atoms with Crippen LogP contribution < -0.4 is 4.74 Å². The van der Waals surface area contributed by atoms with Crippen molar-refractivity contribution in [1.82, 2.24) is 0 Å². The van der Waals surface area contributed by atoms with Gasteiger partial charge in [-0.15, -0.1) is 5.92 Å². The van der Waals surface area contributed by atoms with Gasteiger partial charge in [0.25, 0.3) is 0 Å². The number of allylic oxidation sites excluding steroid dienone is 1. The molecule has 4 heteroatoms. The van der Waals surface area contributed by atoms with E-state index in [1.54, 1.807) is 13.0 Å². The summed E-state index contributed by atoms with van der Waals surface area (Å²) >= 11 is 0. The fourth-order valence-corrected chi connectivity index (χ4v) is 1.77. The topological polar surface area (TPSA) is 46.5 Å². The predicted molar refractivity (Wildman–Crippen MR) is 79.8 cm³/mol. The summed E-state index contributed by atoms with van der Waals surface area (Å²) in [5.41, 5.74) is 1.40. The van der Waals surface area contributed by atoms with Gasteiger partial charge in [-0.2, -0.15) is 0 Å². The van der Waals surface area contributed by atoms with Gasteiger partial charge in [0.1, 0.15) is 18.2 Å². The Morgan fingerprint density at radius 2 is 2.19 bits per heavy atom. The van der Waals surface area contributed by atoms with Crippen molar-refractivity contribution in [3.8, 4) is 17.6 Å². The van der Waals surface area contributed by atoms with Crippen LogP contribution in [0.15, 0.2) is 29.8 Å². The Balaban J connectivity index is 2.91. The summed E-state index contributed by atoms with van der Waals surface area (Å²) in [5, 5.41) is 8.86. The summed E-state index contributed by atoms with van der Waals surface area (Å²) in [6.07, 6.45) is 1.66. The normalized spacial score (nSPS) is 11.0. The van der Waals surface area contributed by atoms with Gasteiger partial charge in [0.2, 0.25) is 0 Å². The first-order chi connectivity index (χ1) is 9.93. The van der Waals surface area contributed by atoms with E-state index < -0.39 is 17.7 Å². The van der Waals surface area contributed by atoms with Crippen molar-refractivity contribution in [2.75, 3.05) is 6.61 Å². The van der Waals surface area contributed by atoms with Crippen molar-refractivity contribution >= 4 is 5.97 Å².